The molecule has 0 rings (SSSR count). The van der Waals surface area contributed by atoms with Crippen LogP contribution < -0.4 is 0 Å². The van der Waals surface area contributed by atoms with Gasteiger partial charge in [-0.3, -0.25) is 0 Å². The van der Waals surface area contributed by atoms with E-state index in [2.05, 4.69) is 65.0 Å². The Kier molecular flexibility index (Phi) is 6.55. The molecule has 0 aromatic heterocycles. The Morgan fingerprint density at radius 1 is 1.11 bits per heavy atom. The lowest BCUT2D eigenvalue weighted by Crippen LogP contribution is -2.42. The molecule has 0 amide bonds. The smallest absolute Gasteiger partial charge is 0.191 e. The van der Waals surface area contributed by atoms with Crippen LogP contribution in [0, 0.1) is 17.4 Å². The molecule has 0 bridgehead atoms. The molecule has 1 N–H and O–H groups in total. The highest BCUT2D eigenvalue weighted by Gasteiger charge is 2.37. The Morgan fingerprint density at radius 2 is 1.58 bits per heavy atom. The lowest BCUT2D eigenvalue weighted by atomic mass is 10.1. The molecule has 0 aliphatic heterocycles. The molecule has 0 saturated carbocycles. The Balaban J connectivity index is 4.47. The molecule has 0 aliphatic carbocycles. The molecular formula is C15H32O2Si2. The van der Waals surface area contributed by atoms with E-state index < -0.39 is 22.5 Å². The summed E-state index contributed by atoms with van der Waals surface area (Å²) in [5, 5.41) is 10.3. The van der Waals surface area contributed by atoms with Crippen molar-refractivity contribution in [3.05, 3.63) is 0 Å². The first-order valence-electron chi connectivity index (χ1n) is 7.11. The van der Waals surface area contributed by atoms with Crippen LogP contribution in [0.2, 0.25) is 37.8 Å². The van der Waals surface area contributed by atoms with Crippen molar-refractivity contribution in [3.8, 4) is 11.5 Å². The molecule has 0 heterocycles. The van der Waals surface area contributed by atoms with Gasteiger partial charge in [-0.25, -0.2) is 0 Å². The van der Waals surface area contributed by atoms with E-state index in [1.807, 2.05) is 6.92 Å². The summed E-state index contributed by atoms with van der Waals surface area (Å²) in [5.41, 5.74) is 3.22. The summed E-state index contributed by atoms with van der Waals surface area (Å²) in [4.78, 5) is 0. The fourth-order valence-electron chi connectivity index (χ4n) is 1.08. The van der Waals surface area contributed by atoms with Gasteiger partial charge < -0.3 is 9.53 Å². The minimum absolute atomic E-state index is 0.0676. The van der Waals surface area contributed by atoms with Gasteiger partial charge in [-0.05, 0) is 18.1 Å². The molecule has 4 heteroatoms. The van der Waals surface area contributed by atoms with Crippen LogP contribution in [0.4, 0.5) is 0 Å². The lowest BCUT2D eigenvalue weighted by Gasteiger charge is -2.37. The summed E-state index contributed by atoms with van der Waals surface area (Å²) < 4.78 is 6.13. The monoisotopic (exact) mass is 300 g/mol. The van der Waals surface area contributed by atoms with Gasteiger partial charge in [-0.1, -0.05) is 53.3 Å². The largest absolute Gasteiger partial charge is 0.416 e. The minimum atomic E-state index is -1.72. The maximum Gasteiger partial charge on any atom is 0.191 e. The van der Waals surface area contributed by atoms with Gasteiger partial charge in [-0.2, -0.15) is 0 Å². The standard InChI is InChI=1S/C15H32O2Si2/c1-13(14(16)10-11-18(5,6)7)12-17-19(8,9)15(2,3)4/h13-14,16H,12H2,1-9H3/t13-,14+/m0/s1. The van der Waals surface area contributed by atoms with Gasteiger partial charge in [0.2, 0.25) is 0 Å². The molecule has 0 radical (unpaired) electrons. The molecule has 2 nitrogen and oxygen atoms in total. The van der Waals surface area contributed by atoms with Gasteiger partial charge in [0.25, 0.3) is 0 Å². The molecule has 0 aliphatic rings. The highest BCUT2D eigenvalue weighted by atomic mass is 28.4. The van der Waals surface area contributed by atoms with Crippen molar-refractivity contribution in [2.75, 3.05) is 6.61 Å². The van der Waals surface area contributed by atoms with Crippen molar-refractivity contribution in [2.45, 2.75) is 71.6 Å². The zero-order valence-corrected chi connectivity index (χ0v) is 16.2. The zero-order chi connectivity index (χ0) is 15.5. The number of rotatable bonds is 4. The normalized spacial score (nSPS) is 16.5. The van der Waals surface area contributed by atoms with Crippen molar-refractivity contribution >= 4 is 16.4 Å². The average Bonchev–Trinajstić information content (AvgIpc) is 2.19. The third-order valence-corrected chi connectivity index (χ3v) is 9.04. The minimum Gasteiger partial charge on any atom is -0.416 e. The van der Waals surface area contributed by atoms with Crippen LogP contribution in [0.15, 0.2) is 0 Å². The predicted octanol–water partition coefficient (Wildman–Crippen LogP) is 3.89. The first-order valence-corrected chi connectivity index (χ1v) is 13.5. The first-order chi connectivity index (χ1) is 8.26. The van der Waals surface area contributed by atoms with Gasteiger partial charge in [0, 0.05) is 12.5 Å². The van der Waals surface area contributed by atoms with Crippen LogP contribution in [0.3, 0.4) is 0 Å². The second-order valence-electron chi connectivity index (χ2n) is 8.01. The fourth-order valence-corrected chi connectivity index (χ4v) is 2.77. The highest BCUT2D eigenvalue weighted by molar-refractivity contribution is 6.83. The van der Waals surface area contributed by atoms with E-state index in [0.717, 1.165) is 0 Å². The van der Waals surface area contributed by atoms with Crippen LogP contribution >= 0.6 is 0 Å². The van der Waals surface area contributed by atoms with E-state index in [9.17, 15) is 5.11 Å². The van der Waals surface area contributed by atoms with Gasteiger partial charge in [-0.15, -0.1) is 5.54 Å². The van der Waals surface area contributed by atoms with Crippen molar-refractivity contribution in [1.29, 1.82) is 0 Å². The van der Waals surface area contributed by atoms with Crippen LogP contribution in [0.25, 0.3) is 0 Å². The van der Waals surface area contributed by atoms with E-state index in [1.54, 1.807) is 0 Å². The molecular weight excluding hydrogens is 268 g/mol. The number of hydrogen-bond acceptors (Lipinski definition) is 2. The fraction of sp³-hybridized carbons (Fsp3) is 0.867. The first kappa shape index (κ1) is 18.9. The summed E-state index contributed by atoms with van der Waals surface area (Å²) in [5.74, 6) is 3.07. The van der Waals surface area contributed by atoms with E-state index in [-0.39, 0.29) is 11.0 Å². The molecule has 0 saturated heterocycles. The van der Waals surface area contributed by atoms with E-state index in [1.165, 1.54) is 0 Å². The quantitative estimate of drug-likeness (QED) is 0.630. The van der Waals surface area contributed by atoms with Gasteiger partial charge in [0.05, 0.1) is 0 Å². The summed E-state index contributed by atoms with van der Waals surface area (Å²) in [7, 11) is -3.13. The van der Waals surface area contributed by atoms with Gasteiger partial charge in [0.15, 0.2) is 8.32 Å². The van der Waals surface area contributed by atoms with Crippen molar-refractivity contribution in [2.24, 2.45) is 5.92 Å². The number of aliphatic hydroxyl groups excluding tert-OH is 1. The SMILES string of the molecule is C[C@@H](CO[Si](C)(C)C(C)(C)C)[C@H](O)C#C[Si](C)(C)C. The van der Waals surface area contributed by atoms with Crippen molar-refractivity contribution < 1.29 is 9.53 Å². The lowest BCUT2D eigenvalue weighted by molar-refractivity contribution is 0.121. The Hall–Kier alpha value is -0.0862. The topological polar surface area (TPSA) is 29.5 Å². The maximum atomic E-state index is 10.1. The molecule has 0 aromatic rings. The Morgan fingerprint density at radius 3 is 1.95 bits per heavy atom. The van der Waals surface area contributed by atoms with Crippen LogP contribution in [-0.4, -0.2) is 34.2 Å². The summed E-state index contributed by atoms with van der Waals surface area (Å²) in [6, 6.07) is 0. The van der Waals surface area contributed by atoms with E-state index >= 15 is 0 Å². The number of aliphatic hydroxyl groups is 1. The van der Waals surface area contributed by atoms with Crippen LogP contribution in [0.5, 0.6) is 0 Å². The third-order valence-electron chi connectivity index (χ3n) is 3.65. The molecule has 19 heavy (non-hydrogen) atoms. The molecule has 0 unspecified atom stereocenters. The van der Waals surface area contributed by atoms with Crippen molar-refractivity contribution in [1.82, 2.24) is 0 Å². The Bertz CT molecular complexity index is 340. The third kappa shape index (κ3) is 7.31. The maximum absolute atomic E-state index is 10.1. The molecule has 0 spiro atoms. The number of hydrogen-bond donors (Lipinski definition) is 1. The molecule has 0 fully saturated rings. The second kappa shape index (κ2) is 6.58. The average molecular weight is 301 g/mol. The summed E-state index contributed by atoms with van der Waals surface area (Å²) in [6.07, 6.45) is -0.573. The zero-order valence-electron chi connectivity index (χ0n) is 14.2. The van der Waals surface area contributed by atoms with Crippen LogP contribution in [0.1, 0.15) is 27.7 Å². The van der Waals surface area contributed by atoms with Crippen molar-refractivity contribution in [3.63, 3.8) is 0 Å². The highest BCUT2D eigenvalue weighted by Crippen LogP contribution is 2.36. The molecule has 112 valence electrons. The second-order valence-corrected chi connectivity index (χ2v) is 17.6. The van der Waals surface area contributed by atoms with Crippen LogP contribution in [-0.2, 0) is 4.43 Å². The van der Waals surface area contributed by atoms with E-state index in [4.69, 9.17) is 4.43 Å². The van der Waals surface area contributed by atoms with E-state index in [0.29, 0.717) is 6.61 Å². The van der Waals surface area contributed by atoms with Gasteiger partial charge in [0.1, 0.15) is 14.2 Å². The Labute approximate surface area is 122 Å². The van der Waals surface area contributed by atoms with Gasteiger partial charge >= 0.3 is 0 Å². The predicted molar refractivity (Wildman–Crippen MR) is 89.4 cm³/mol. The summed E-state index contributed by atoms with van der Waals surface area (Å²) in [6.45, 7) is 20.3. The summed E-state index contributed by atoms with van der Waals surface area (Å²) >= 11 is 0. The molecule has 0 aromatic carbocycles. The molecule has 2 atom stereocenters.